The van der Waals surface area contributed by atoms with Crippen molar-refractivity contribution in [3.63, 3.8) is 0 Å². The van der Waals surface area contributed by atoms with Crippen molar-refractivity contribution in [1.29, 1.82) is 0 Å². The van der Waals surface area contributed by atoms with Crippen molar-refractivity contribution in [2.24, 2.45) is 0 Å². The van der Waals surface area contributed by atoms with Crippen molar-refractivity contribution in [2.45, 2.75) is 19.1 Å². The average molecular weight is 327 g/mol. The van der Waals surface area contributed by atoms with E-state index in [4.69, 9.17) is 0 Å². The molecular weight excluding hydrogens is 312 g/mol. The molecule has 4 nitrogen and oxygen atoms in total. The minimum absolute atomic E-state index is 0.0103. The van der Waals surface area contributed by atoms with Crippen LogP contribution in [0.25, 0.3) is 0 Å². The van der Waals surface area contributed by atoms with Gasteiger partial charge in [-0.3, -0.25) is 4.79 Å². The van der Waals surface area contributed by atoms with Gasteiger partial charge in [0.1, 0.15) is 11.4 Å². The van der Waals surface area contributed by atoms with E-state index in [9.17, 15) is 18.7 Å². The molecule has 7 heteroatoms. The number of benzene rings is 1. The quantitative estimate of drug-likeness (QED) is 0.857. The first-order valence-electron chi connectivity index (χ1n) is 6.47. The summed E-state index contributed by atoms with van der Waals surface area (Å²) in [6, 6.07) is 7.47. The first kappa shape index (κ1) is 16.4. The zero-order chi connectivity index (χ0) is 16.2. The van der Waals surface area contributed by atoms with Crippen molar-refractivity contribution in [3.05, 3.63) is 52.2 Å². The lowest BCUT2D eigenvalue weighted by atomic mass is 9.99. The van der Waals surface area contributed by atoms with Crippen molar-refractivity contribution in [2.75, 3.05) is 6.54 Å². The van der Waals surface area contributed by atoms with Crippen LogP contribution in [0.1, 0.15) is 22.8 Å². The Bertz CT molecular complexity index is 629. The molecule has 0 radical (unpaired) electrons. The molecule has 0 saturated carbocycles. The second-order valence-corrected chi connectivity index (χ2v) is 5.62. The van der Waals surface area contributed by atoms with Crippen LogP contribution in [0.2, 0.25) is 0 Å². The maximum absolute atomic E-state index is 12.3. The van der Waals surface area contributed by atoms with Gasteiger partial charge in [0.2, 0.25) is 0 Å². The molecule has 2 rings (SSSR count). The van der Waals surface area contributed by atoms with Crippen LogP contribution in [0.15, 0.2) is 41.1 Å². The Morgan fingerprint density at radius 1 is 1.41 bits per heavy atom. The number of thiophene rings is 1. The second-order valence-electron chi connectivity index (χ2n) is 4.84. The Hall–Kier alpha value is -1.99. The summed E-state index contributed by atoms with van der Waals surface area (Å²) in [4.78, 5) is 12.1. The molecule has 0 spiro atoms. The molecule has 0 saturated heterocycles. The predicted octanol–water partition coefficient (Wildman–Crippen LogP) is 2.99. The minimum atomic E-state index is -3.01. The number of halogens is 2. The van der Waals surface area contributed by atoms with E-state index in [0.717, 1.165) is 0 Å². The number of nitrogens with one attached hydrogen (secondary N) is 1. The Morgan fingerprint density at radius 3 is 2.77 bits per heavy atom. The zero-order valence-corrected chi connectivity index (χ0v) is 12.6. The maximum atomic E-state index is 12.3. The summed E-state index contributed by atoms with van der Waals surface area (Å²) in [5.41, 5.74) is -0.576. The number of carbonyl (C=O) groups is 1. The second kappa shape index (κ2) is 6.85. The molecule has 0 fully saturated rings. The number of hydrogen-bond acceptors (Lipinski definition) is 4. The highest BCUT2D eigenvalue weighted by atomic mass is 32.1. The molecule has 0 aliphatic heterocycles. The fourth-order valence-corrected chi connectivity index (χ4v) is 2.66. The lowest BCUT2D eigenvalue weighted by molar-refractivity contribution is -0.0502. The van der Waals surface area contributed by atoms with Crippen molar-refractivity contribution < 1.29 is 23.4 Å². The Morgan fingerprint density at radius 2 is 2.14 bits per heavy atom. The summed E-state index contributed by atoms with van der Waals surface area (Å²) in [7, 11) is 0. The summed E-state index contributed by atoms with van der Waals surface area (Å²) in [5.74, 6) is -0.795. The Labute approximate surface area is 130 Å². The van der Waals surface area contributed by atoms with Gasteiger partial charge in [0.25, 0.3) is 5.91 Å². The lowest BCUT2D eigenvalue weighted by Gasteiger charge is -2.23. The van der Waals surface area contributed by atoms with Crippen LogP contribution in [-0.2, 0) is 5.60 Å². The van der Waals surface area contributed by atoms with Gasteiger partial charge in [0, 0.05) is 0 Å². The number of hydrogen-bond donors (Lipinski definition) is 2. The summed E-state index contributed by atoms with van der Waals surface area (Å²) in [5, 5.41) is 16.5. The summed E-state index contributed by atoms with van der Waals surface area (Å²) in [6.07, 6.45) is 0. The van der Waals surface area contributed by atoms with Crippen molar-refractivity contribution in [1.82, 2.24) is 5.32 Å². The van der Waals surface area contributed by atoms with Crippen LogP contribution in [0.4, 0.5) is 8.78 Å². The van der Waals surface area contributed by atoms with Gasteiger partial charge in [-0.05, 0) is 41.4 Å². The highest BCUT2D eigenvalue weighted by molar-refractivity contribution is 7.08. The van der Waals surface area contributed by atoms with Gasteiger partial charge in [0.15, 0.2) is 0 Å². The largest absolute Gasteiger partial charge is 0.434 e. The van der Waals surface area contributed by atoms with E-state index < -0.39 is 18.1 Å². The molecule has 1 heterocycles. The van der Waals surface area contributed by atoms with E-state index in [0.29, 0.717) is 5.56 Å². The Balaban J connectivity index is 2.07. The molecule has 0 bridgehead atoms. The molecule has 118 valence electrons. The van der Waals surface area contributed by atoms with E-state index >= 15 is 0 Å². The van der Waals surface area contributed by atoms with Crippen LogP contribution in [0.3, 0.4) is 0 Å². The smallest absolute Gasteiger partial charge is 0.387 e. The van der Waals surface area contributed by atoms with Gasteiger partial charge in [-0.15, -0.1) is 0 Å². The molecule has 0 aliphatic carbocycles. The van der Waals surface area contributed by atoms with E-state index in [2.05, 4.69) is 10.1 Å². The molecule has 1 aromatic heterocycles. The number of para-hydroxylation sites is 1. The third-order valence-electron chi connectivity index (χ3n) is 3.08. The van der Waals surface area contributed by atoms with Gasteiger partial charge in [-0.2, -0.15) is 20.1 Å². The van der Waals surface area contributed by atoms with Crippen LogP contribution in [-0.4, -0.2) is 24.2 Å². The summed E-state index contributed by atoms with van der Waals surface area (Å²) in [6.45, 7) is -1.49. The van der Waals surface area contributed by atoms with Crippen molar-refractivity contribution >= 4 is 17.2 Å². The first-order valence-corrected chi connectivity index (χ1v) is 7.41. The topological polar surface area (TPSA) is 58.6 Å². The number of rotatable bonds is 6. The number of amides is 1. The normalized spacial score (nSPS) is 13.7. The van der Waals surface area contributed by atoms with Crippen LogP contribution in [0, 0.1) is 0 Å². The maximum Gasteiger partial charge on any atom is 0.387 e. The molecule has 1 amide bonds. The number of aliphatic hydroxyl groups is 1. The minimum Gasteiger partial charge on any atom is -0.434 e. The lowest BCUT2D eigenvalue weighted by Crippen LogP contribution is -2.38. The standard InChI is InChI=1S/C15H15F2NO3S/c1-15(20,10-6-7-22-8-10)9-18-13(19)11-4-2-3-5-12(11)21-14(16)17/h2-8,14,20H,9H2,1H3,(H,18,19). The Kier molecular flexibility index (Phi) is 5.10. The number of alkyl halides is 2. The van der Waals surface area contributed by atoms with Crippen LogP contribution in [0.5, 0.6) is 5.75 Å². The van der Waals surface area contributed by atoms with E-state index in [1.807, 2.05) is 5.38 Å². The summed E-state index contributed by atoms with van der Waals surface area (Å²) >= 11 is 1.43. The predicted molar refractivity (Wildman–Crippen MR) is 79.3 cm³/mol. The molecule has 1 atom stereocenters. The molecule has 2 N–H and O–H groups in total. The molecule has 1 unspecified atom stereocenters. The van der Waals surface area contributed by atoms with Gasteiger partial charge in [-0.25, -0.2) is 0 Å². The van der Waals surface area contributed by atoms with Crippen molar-refractivity contribution in [3.8, 4) is 5.75 Å². The monoisotopic (exact) mass is 327 g/mol. The fraction of sp³-hybridized carbons (Fsp3) is 0.267. The summed E-state index contributed by atoms with van der Waals surface area (Å²) < 4.78 is 29.0. The van der Waals surface area contributed by atoms with Gasteiger partial charge in [-0.1, -0.05) is 12.1 Å². The first-order chi connectivity index (χ1) is 10.4. The van der Waals surface area contributed by atoms with E-state index in [1.165, 1.54) is 29.5 Å². The zero-order valence-electron chi connectivity index (χ0n) is 11.8. The third kappa shape index (κ3) is 4.02. The molecule has 22 heavy (non-hydrogen) atoms. The number of carbonyl (C=O) groups excluding carboxylic acids is 1. The van der Waals surface area contributed by atoms with Gasteiger partial charge >= 0.3 is 6.61 Å². The average Bonchev–Trinajstić information content (AvgIpc) is 3.00. The third-order valence-corrected chi connectivity index (χ3v) is 3.77. The number of ether oxygens (including phenoxy) is 1. The van der Waals surface area contributed by atoms with E-state index in [-0.39, 0.29) is 17.9 Å². The molecule has 2 aromatic rings. The fourth-order valence-electron chi connectivity index (χ4n) is 1.87. The molecule has 1 aromatic carbocycles. The van der Waals surface area contributed by atoms with Crippen LogP contribution >= 0.6 is 11.3 Å². The molecule has 0 aliphatic rings. The highest BCUT2D eigenvalue weighted by Gasteiger charge is 2.25. The van der Waals surface area contributed by atoms with Gasteiger partial charge < -0.3 is 15.2 Å². The highest BCUT2D eigenvalue weighted by Crippen LogP contribution is 2.23. The van der Waals surface area contributed by atoms with Gasteiger partial charge in [0.05, 0.1) is 12.1 Å². The van der Waals surface area contributed by atoms with Crippen LogP contribution < -0.4 is 10.1 Å². The molecular formula is C15H15F2NO3S. The SMILES string of the molecule is CC(O)(CNC(=O)c1ccccc1OC(F)F)c1ccsc1. The van der Waals surface area contributed by atoms with E-state index in [1.54, 1.807) is 24.4 Å².